The lowest BCUT2D eigenvalue weighted by atomic mass is 9.86. The van der Waals surface area contributed by atoms with Gasteiger partial charge < -0.3 is 0 Å². The molecule has 52 heavy (non-hydrogen) atoms. The van der Waals surface area contributed by atoms with E-state index in [2.05, 4.69) is 8.57 Å². The number of benzene rings is 7. The fraction of sp³-hybridized carbons (Fsp3) is 0. The van der Waals surface area contributed by atoms with Gasteiger partial charge in [-0.2, -0.15) is 37.2 Å². The van der Waals surface area contributed by atoms with Crippen LogP contribution in [-0.2, 0) is 28.8 Å². The van der Waals surface area contributed by atoms with E-state index in [1.807, 2.05) is 30.5 Å². The highest BCUT2D eigenvalue weighted by Gasteiger charge is 2.25. The molecule has 252 valence electrons. The molecule has 0 aliphatic heterocycles. The normalized spacial score (nSPS) is 13.4. The van der Waals surface area contributed by atoms with Gasteiger partial charge in [0.15, 0.2) is 10.9 Å². The Labute approximate surface area is 288 Å². The molecule has 0 spiro atoms. The van der Waals surface area contributed by atoms with E-state index in [0.717, 1.165) is 21.5 Å². The van der Waals surface area contributed by atoms with Crippen molar-refractivity contribution >= 4 is 118 Å². The summed E-state index contributed by atoms with van der Waals surface area (Å²) in [5.41, 5.74) is 2.18. The molecule has 0 atom stereocenters. The molecular weight excluding hydrogens is 709 g/mol. The molecule has 4 heterocycles. The van der Waals surface area contributed by atoms with E-state index in [1.54, 1.807) is 33.2 Å². The van der Waals surface area contributed by atoms with Crippen LogP contribution >= 0.6 is 0 Å². The lowest BCUT2D eigenvalue weighted by Crippen LogP contribution is -2.11. The first kappa shape index (κ1) is 29.6. The second-order valence-electron chi connectivity index (χ2n) is 12.8. The third-order valence-corrected chi connectivity index (χ3v) is 12.5. The van der Waals surface area contributed by atoms with Gasteiger partial charge in [-0.25, -0.2) is 9.97 Å². The van der Waals surface area contributed by atoms with Gasteiger partial charge in [0.05, 0.1) is 37.2 Å². The Morgan fingerprint density at radius 3 is 1.65 bits per heavy atom. The smallest absolute Gasteiger partial charge is 0.298 e. The van der Waals surface area contributed by atoms with E-state index >= 15 is 0 Å². The second-order valence-corrected chi connectivity index (χ2v) is 15.9. The van der Waals surface area contributed by atoms with Crippen molar-refractivity contribution in [3.8, 4) is 0 Å². The van der Waals surface area contributed by atoms with Crippen molar-refractivity contribution in [2.75, 3.05) is 0 Å². The third-order valence-electron chi connectivity index (χ3n) is 10.3. The van der Waals surface area contributed by atoms with Gasteiger partial charge >= 0.3 is 20.2 Å². The number of fused-ring (bicyclic) bond motifs is 10. The Hall–Kier alpha value is -6.14. The van der Waals surface area contributed by atoms with Crippen LogP contribution in [-0.4, -0.2) is 35.6 Å². The highest BCUT2D eigenvalue weighted by atomic mass is 32.2. The molecule has 14 nitrogen and oxygen atoms in total. The molecule has 11 rings (SSSR count). The number of hydrogen-bond acceptors (Lipinski definition) is 12. The zero-order chi connectivity index (χ0) is 35.6. The largest absolute Gasteiger partial charge is 0.312 e. The third kappa shape index (κ3) is 3.49. The lowest BCUT2D eigenvalue weighted by Gasteiger charge is -2.18. The van der Waals surface area contributed by atoms with Gasteiger partial charge in [-0.05, 0) is 92.3 Å². The number of nitrogens with zero attached hydrogens (tertiary/aromatic N) is 4. The zero-order valence-corrected chi connectivity index (χ0v) is 27.7. The van der Waals surface area contributed by atoms with Crippen LogP contribution in [0.4, 0.5) is 0 Å². The summed E-state index contributed by atoms with van der Waals surface area (Å²) in [5.74, 6) is 10.0. The minimum Gasteiger partial charge on any atom is -0.298 e. The first-order valence-corrected chi connectivity index (χ1v) is 18.4. The van der Waals surface area contributed by atoms with Crippen molar-refractivity contribution in [3.05, 3.63) is 106 Å². The Balaban J connectivity index is 1.28. The molecule has 4 N–H and O–H groups in total. The Bertz CT molecular complexity index is 3740. The predicted molar refractivity (Wildman–Crippen MR) is 195 cm³/mol. The maximum atomic E-state index is 14.2. The molecule has 0 fully saturated rings. The van der Waals surface area contributed by atoms with Crippen LogP contribution < -0.4 is 22.7 Å². The molecule has 11 aromatic rings. The number of aromatic nitrogens is 4. The number of pyridine rings is 2. The number of rotatable bonds is 4. The van der Waals surface area contributed by atoms with Crippen molar-refractivity contribution in [2.45, 2.75) is 9.79 Å². The van der Waals surface area contributed by atoms with Crippen molar-refractivity contribution in [1.29, 1.82) is 0 Å². The van der Waals surface area contributed by atoms with E-state index in [1.165, 1.54) is 30.3 Å². The van der Waals surface area contributed by atoms with Crippen LogP contribution in [0.25, 0.3) is 98.0 Å². The Kier molecular flexibility index (Phi) is 5.34. The molecular formula is C36H18N6O8S2. The summed E-state index contributed by atoms with van der Waals surface area (Å²) in [5, 5.41) is 8.00. The van der Waals surface area contributed by atoms with E-state index in [9.17, 15) is 26.4 Å². The van der Waals surface area contributed by atoms with Crippen LogP contribution in [0.1, 0.15) is 0 Å². The number of nitrogens with two attached hydrogens (primary N) is 2. The summed E-state index contributed by atoms with van der Waals surface area (Å²) in [4.78, 5) is 37.5. The van der Waals surface area contributed by atoms with Crippen LogP contribution in [0, 0.1) is 0 Å². The van der Waals surface area contributed by atoms with Gasteiger partial charge in [0.1, 0.15) is 11.3 Å². The summed E-state index contributed by atoms with van der Waals surface area (Å²) in [6.45, 7) is 0. The topological polar surface area (TPSA) is 208 Å². The van der Waals surface area contributed by atoms with Gasteiger partial charge in [0.2, 0.25) is 0 Å². The fourth-order valence-electron chi connectivity index (χ4n) is 8.11. The summed E-state index contributed by atoms with van der Waals surface area (Å²) in [6, 6.07) is 19.3. The molecule has 0 saturated carbocycles. The Morgan fingerprint density at radius 2 is 1.02 bits per heavy atom. The maximum Gasteiger partial charge on any atom is 0.312 e. The van der Waals surface area contributed by atoms with Gasteiger partial charge in [-0.1, -0.05) is 18.2 Å². The van der Waals surface area contributed by atoms with Crippen LogP contribution in [0.2, 0.25) is 0 Å². The highest BCUT2D eigenvalue weighted by Crippen LogP contribution is 2.45. The monoisotopic (exact) mass is 726 g/mol. The van der Waals surface area contributed by atoms with E-state index in [0.29, 0.717) is 76.5 Å². The van der Waals surface area contributed by atoms with Crippen molar-refractivity contribution in [1.82, 2.24) is 18.8 Å². The zero-order valence-electron chi connectivity index (χ0n) is 26.1. The molecule has 0 aliphatic carbocycles. The molecule has 0 amide bonds. The van der Waals surface area contributed by atoms with Crippen molar-refractivity contribution in [3.63, 3.8) is 0 Å². The highest BCUT2D eigenvalue weighted by molar-refractivity contribution is 7.87. The molecule has 16 heteroatoms. The molecule has 7 aromatic carbocycles. The molecule has 0 radical (unpaired) electrons. The van der Waals surface area contributed by atoms with Crippen molar-refractivity contribution < 1.29 is 25.4 Å². The minimum absolute atomic E-state index is 0.159. The van der Waals surface area contributed by atoms with Gasteiger partial charge in [0, 0.05) is 33.9 Å². The van der Waals surface area contributed by atoms with E-state index in [4.69, 9.17) is 21.8 Å². The first-order chi connectivity index (χ1) is 25.0. The molecule has 0 bridgehead atoms. The summed E-state index contributed by atoms with van der Waals surface area (Å²) in [6.07, 6.45) is 3.47. The predicted octanol–water partition coefficient (Wildman–Crippen LogP) is 4.40. The summed E-state index contributed by atoms with van der Waals surface area (Å²) >= 11 is 0. The van der Waals surface area contributed by atoms with Crippen LogP contribution in [0.3, 0.4) is 0 Å². The molecule has 0 aliphatic rings. The number of imidazole rings is 2. The van der Waals surface area contributed by atoms with Crippen molar-refractivity contribution in [2.24, 2.45) is 11.8 Å². The molecule has 0 saturated heterocycles. The summed E-state index contributed by atoms with van der Waals surface area (Å²) in [7, 11) is -8.40. The molecule has 4 aromatic heterocycles. The van der Waals surface area contributed by atoms with Gasteiger partial charge in [0.25, 0.3) is 0 Å². The Morgan fingerprint density at radius 1 is 0.500 bits per heavy atom. The van der Waals surface area contributed by atoms with Crippen LogP contribution in [0.5, 0.6) is 0 Å². The van der Waals surface area contributed by atoms with Gasteiger partial charge in [-0.15, -0.1) is 0 Å². The van der Waals surface area contributed by atoms with Gasteiger partial charge in [-0.3, -0.25) is 18.4 Å². The van der Waals surface area contributed by atoms with E-state index < -0.39 is 20.2 Å². The number of hydrogen-bond donors (Lipinski definition) is 2. The second kappa shape index (κ2) is 9.39. The lowest BCUT2D eigenvalue weighted by molar-refractivity contribution is 0.332. The average Bonchev–Trinajstić information content (AvgIpc) is 3.71. The quantitative estimate of drug-likeness (QED) is 0.147. The average molecular weight is 727 g/mol. The molecule has 0 unspecified atom stereocenters. The fourth-order valence-corrected chi connectivity index (χ4v) is 9.32. The summed E-state index contributed by atoms with van der Waals surface area (Å²) < 4.78 is 61.4. The first-order valence-electron chi connectivity index (χ1n) is 15.6. The standard InChI is InChI=1S/C36H18N6O8S2/c37-49-51(45,46)16-3-8-25-26(9-16)41-13-15-1-4-18-21-11-28(43)23-14-42-27-10-17(52(47,48)50-38)2-7-24(27)39-35(42)20-6-5-19(32(21)33(20)23)22-12-29(44)34(36(41)40-25)30(15)31(18)22/h1-14H,37-38H2. The minimum atomic E-state index is -4.20. The maximum absolute atomic E-state index is 14.2. The van der Waals surface area contributed by atoms with Crippen LogP contribution in [0.15, 0.2) is 105 Å². The van der Waals surface area contributed by atoms with E-state index in [-0.39, 0.29) is 20.6 Å². The SMILES string of the molecule is NOS(=O)(=O)c1ccc2nc3c4ccc5c6cc(=O)c7c8c(ccc(c9cc(=O)c(cn3c2c1)c4c95)c68)cn1c2cc(S(=O)(=O)ON)ccc2nc71.